The van der Waals surface area contributed by atoms with Gasteiger partial charge in [0.1, 0.15) is 5.82 Å². The molecule has 1 aromatic rings. The molecule has 0 bridgehead atoms. The maximum atomic E-state index is 5.94. The summed E-state index contributed by atoms with van der Waals surface area (Å²) >= 11 is 0. The van der Waals surface area contributed by atoms with E-state index in [-0.39, 0.29) is 0 Å². The van der Waals surface area contributed by atoms with Gasteiger partial charge in [0.15, 0.2) is 0 Å². The number of hydrogen-bond donors (Lipinski definition) is 1. The van der Waals surface area contributed by atoms with Crippen LogP contribution in [0.1, 0.15) is 32.6 Å². The van der Waals surface area contributed by atoms with Crippen molar-refractivity contribution in [2.24, 2.45) is 11.8 Å². The van der Waals surface area contributed by atoms with Gasteiger partial charge in [0, 0.05) is 13.1 Å². The van der Waals surface area contributed by atoms with Crippen LogP contribution >= 0.6 is 0 Å². The lowest BCUT2D eigenvalue weighted by Gasteiger charge is -2.26. The molecule has 4 heteroatoms. The molecule has 0 aliphatic heterocycles. The topological polar surface area (TPSA) is 51.4 Å². The number of ether oxygens (including phenoxy) is 1. The van der Waals surface area contributed by atoms with Crippen LogP contribution in [-0.4, -0.2) is 24.7 Å². The fourth-order valence-corrected chi connectivity index (χ4v) is 2.34. The summed E-state index contributed by atoms with van der Waals surface area (Å²) in [6, 6.07) is 4.42. The minimum atomic E-state index is 0.535. The summed E-state index contributed by atoms with van der Waals surface area (Å²) in [5, 5.41) is 0. The molecule has 3 rings (SSSR count). The number of aromatic nitrogens is 1. The number of anilines is 2. The highest BCUT2D eigenvalue weighted by Gasteiger charge is 2.31. The average molecular weight is 261 g/mol. The Morgan fingerprint density at radius 1 is 1.37 bits per heavy atom. The summed E-state index contributed by atoms with van der Waals surface area (Å²) in [5.74, 6) is 3.09. The zero-order valence-electron chi connectivity index (χ0n) is 11.8. The van der Waals surface area contributed by atoms with E-state index >= 15 is 0 Å². The Morgan fingerprint density at radius 3 is 2.74 bits per heavy atom. The molecular weight excluding hydrogens is 238 g/mol. The van der Waals surface area contributed by atoms with E-state index in [1.54, 1.807) is 0 Å². The van der Waals surface area contributed by atoms with Crippen molar-refractivity contribution >= 4 is 11.5 Å². The van der Waals surface area contributed by atoms with Crippen LogP contribution in [0.25, 0.3) is 0 Å². The highest BCUT2D eigenvalue weighted by Crippen LogP contribution is 2.36. The highest BCUT2D eigenvalue weighted by atomic mass is 16.5. The first-order valence-electron chi connectivity index (χ1n) is 7.27. The van der Waals surface area contributed by atoms with Crippen molar-refractivity contribution in [3.63, 3.8) is 0 Å². The molecule has 1 atom stereocenters. The molecule has 19 heavy (non-hydrogen) atoms. The molecule has 0 amide bonds. The van der Waals surface area contributed by atoms with Gasteiger partial charge in [-0.2, -0.15) is 4.98 Å². The third-order valence-electron chi connectivity index (χ3n) is 4.30. The van der Waals surface area contributed by atoms with Gasteiger partial charge in [0.2, 0.25) is 5.88 Å². The van der Waals surface area contributed by atoms with Gasteiger partial charge in [-0.15, -0.1) is 0 Å². The number of nitrogens with two attached hydrogens (primary N) is 1. The molecule has 1 unspecified atom stereocenters. The Kier molecular flexibility index (Phi) is 3.25. The molecule has 0 radical (unpaired) electrons. The van der Waals surface area contributed by atoms with Gasteiger partial charge >= 0.3 is 0 Å². The van der Waals surface area contributed by atoms with Crippen LogP contribution in [0.5, 0.6) is 5.88 Å². The molecule has 104 valence electrons. The fraction of sp³-hybridized carbons (Fsp3) is 0.667. The molecule has 2 fully saturated rings. The Balaban J connectivity index is 1.71. The SMILES string of the molecule is CC(C1CC1)N(C)c1ccc(N)c(OCC2CC2)n1. The van der Waals surface area contributed by atoms with Crippen LogP contribution in [0.15, 0.2) is 12.1 Å². The Labute approximate surface area is 115 Å². The maximum Gasteiger partial charge on any atom is 0.239 e. The van der Waals surface area contributed by atoms with Crippen LogP contribution in [0, 0.1) is 11.8 Å². The summed E-state index contributed by atoms with van der Waals surface area (Å²) in [6.45, 7) is 3.02. The fourth-order valence-electron chi connectivity index (χ4n) is 2.34. The largest absolute Gasteiger partial charge is 0.476 e. The summed E-state index contributed by atoms with van der Waals surface area (Å²) in [7, 11) is 2.10. The van der Waals surface area contributed by atoms with E-state index in [1.165, 1.54) is 25.7 Å². The molecule has 0 spiro atoms. The zero-order valence-corrected chi connectivity index (χ0v) is 11.8. The van der Waals surface area contributed by atoms with E-state index in [0.29, 0.717) is 23.5 Å². The first-order valence-corrected chi connectivity index (χ1v) is 7.27. The average Bonchev–Trinajstić information content (AvgIpc) is 3.29. The second kappa shape index (κ2) is 4.91. The van der Waals surface area contributed by atoms with E-state index < -0.39 is 0 Å². The molecule has 2 saturated carbocycles. The third kappa shape index (κ3) is 2.94. The first-order chi connectivity index (χ1) is 9.15. The van der Waals surface area contributed by atoms with Gasteiger partial charge in [-0.3, -0.25) is 0 Å². The quantitative estimate of drug-likeness (QED) is 0.855. The summed E-state index contributed by atoms with van der Waals surface area (Å²) in [6.07, 6.45) is 5.23. The molecule has 4 nitrogen and oxygen atoms in total. The lowest BCUT2D eigenvalue weighted by molar-refractivity contribution is 0.290. The van der Waals surface area contributed by atoms with Gasteiger partial charge in [-0.05, 0) is 56.6 Å². The van der Waals surface area contributed by atoms with Crippen LogP contribution < -0.4 is 15.4 Å². The summed E-state index contributed by atoms with van der Waals surface area (Å²) in [4.78, 5) is 6.82. The van der Waals surface area contributed by atoms with Crippen molar-refractivity contribution in [1.82, 2.24) is 4.98 Å². The second-order valence-electron chi connectivity index (χ2n) is 6.01. The van der Waals surface area contributed by atoms with Gasteiger partial charge < -0.3 is 15.4 Å². The Hall–Kier alpha value is -1.45. The Bertz CT molecular complexity index is 455. The zero-order chi connectivity index (χ0) is 13.4. The molecule has 0 aromatic carbocycles. The summed E-state index contributed by atoms with van der Waals surface area (Å²) < 4.78 is 5.74. The van der Waals surface area contributed by atoms with Crippen LogP contribution in [0.2, 0.25) is 0 Å². The monoisotopic (exact) mass is 261 g/mol. The van der Waals surface area contributed by atoms with Crippen molar-refractivity contribution in [3.05, 3.63) is 12.1 Å². The van der Waals surface area contributed by atoms with Crippen LogP contribution in [0.4, 0.5) is 11.5 Å². The van der Waals surface area contributed by atoms with Crippen molar-refractivity contribution in [3.8, 4) is 5.88 Å². The van der Waals surface area contributed by atoms with Crippen LogP contribution in [-0.2, 0) is 0 Å². The normalized spacial score (nSPS) is 20.1. The molecular formula is C15H23N3O. The first kappa shape index (κ1) is 12.6. The standard InChI is InChI=1S/C15H23N3O/c1-10(12-5-6-12)18(2)14-8-7-13(16)15(17-14)19-9-11-3-4-11/h7-8,10-12H,3-6,9,16H2,1-2H3. The lowest BCUT2D eigenvalue weighted by Crippen LogP contribution is -2.31. The molecule has 2 N–H and O–H groups in total. The van der Waals surface area contributed by atoms with Crippen LogP contribution in [0.3, 0.4) is 0 Å². The predicted octanol–water partition coefficient (Wildman–Crippen LogP) is 2.69. The van der Waals surface area contributed by atoms with Gasteiger partial charge in [0.05, 0.1) is 12.3 Å². The Morgan fingerprint density at radius 2 is 2.11 bits per heavy atom. The van der Waals surface area contributed by atoms with Gasteiger partial charge in [-0.1, -0.05) is 0 Å². The summed E-state index contributed by atoms with van der Waals surface area (Å²) in [5.41, 5.74) is 6.57. The minimum Gasteiger partial charge on any atom is -0.476 e. The minimum absolute atomic E-state index is 0.535. The second-order valence-corrected chi connectivity index (χ2v) is 6.01. The predicted molar refractivity (Wildman–Crippen MR) is 77.5 cm³/mol. The van der Waals surface area contributed by atoms with Gasteiger partial charge in [0.25, 0.3) is 0 Å². The molecule has 0 saturated heterocycles. The van der Waals surface area contributed by atoms with Crippen molar-refractivity contribution in [2.45, 2.75) is 38.6 Å². The molecule has 1 heterocycles. The number of hydrogen-bond acceptors (Lipinski definition) is 4. The molecule has 1 aromatic heterocycles. The number of nitrogen functional groups attached to an aromatic ring is 1. The number of nitrogens with zero attached hydrogens (tertiary/aromatic N) is 2. The lowest BCUT2D eigenvalue weighted by atomic mass is 10.2. The number of pyridine rings is 1. The van der Waals surface area contributed by atoms with E-state index in [2.05, 4.69) is 23.9 Å². The van der Waals surface area contributed by atoms with Gasteiger partial charge in [-0.25, -0.2) is 0 Å². The highest BCUT2D eigenvalue weighted by molar-refractivity contribution is 5.54. The molecule has 2 aliphatic carbocycles. The van der Waals surface area contributed by atoms with Crippen molar-refractivity contribution < 1.29 is 4.74 Å². The number of rotatable bonds is 6. The van der Waals surface area contributed by atoms with Crippen molar-refractivity contribution in [1.29, 1.82) is 0 Å². The third-order valence-corrected chi connectivity index (χ3v) is 4.30. The smallest absolute Gasteiger partial charge is 0.239 e. The van der Waals surface area contributed by atoms with E-state index in [1.807, 2.05) is 12.1 Å². The van der Waals surface area contributed by atoms with E-state index in [4.69, 9.17) is 10.5 Å². The molecule has 2 aliphatic rings. The van der Waals surface area contributed by atoms with E-state index in [0.717, 1.165) is 18.3 Å². The van der Waals surface area contributed by atoms with Crippen molar-refractivity contribution in [2.75, 3.05) is 24.3 Å². The van der Waals surface area contributed by atoms with E-state index in [9.17, 15) is 0 Å². The maximum absolute atomic E-state index is 5.94.